The minimum absolute atomic E-state index is 0.120. The van der Waals surface area contributed by atoms with Crippen LogP contribution < -0.4 is 10.2 Å². The summed E-state index contributed by atoms with van der Waals surface area (Å²) in [5.74, 6) is -0.0787. The number of benzene rings is 1. The van der Waals surface area contributed by atoms with E-state index in [1.165, 1.54) is 6.07 Å². The maximum Gasteiger partial charge on any atom is 0.236 e. The van der Waals surface area contributed by atoms with E-state index in [1.807, 2.05) is 22.8 Å². The lowest BCUT2D eigenvalue weighted by Crippen LogP contribution is -2.51. The van der Waals surface area contributed by atoms with Crippen molar-refractivity contribution < 1.29 is 9.18 Å². The Morgan fingerprint density at radius 1 is 1.26 bits per heavy atom. The molecule has 0 radical (unpaired) electrons. The molecule has 0 bridgehead atoms. The van der Waals surface area contributed by atoms with Gasteiger partial charge in [0.25, 0.3) is 0 Å². The normalized spacial score (nSPS) is 15.7. The van der Waals surface area contributed by atoms with Crippen molar-refractivity contribution >= 4 is 11.6 Å². The number of rotatable bonds is 4. The number of nitrogens with zero attached hydrogens (tertiary/aromatic N) is 2. The molecule has 0 atom stereocenters. The average molecular weight is 265 g/mol. The Bertz CT molecular complexity index is 430. The summed E-state index contributed by atoms with van der Waals surface area (Å²) in [6.45, 7) is 5.81. The van der Waals surface area contributed by atoms with E-state index in [0.29, 0.717) is 38.4 Å². The summed E-state index contributed by atoms with van der Waals surface area (Å²) in [4.78, 5) is 15.7. The van der Waals surface area contributed by atoms with Gasteiger partial charge in [-0.15, -0.1) is 0 Å². The largest absolute Gasteiger partial charge is 0.366 e. The molecule has 1 aliphatic rings. The first-order chi connectivity index (χ1) is 9.22. The van der Waals surface area contributed by atoms with Crippen molar-refractivity contribution in [2.24, 2.45) is 0 Å². The molecule has 4 nitrogen and oxygen atoms in total. The first-order valence-corrected chi connectivity index (χ1v) is 6.70. The Labute approximate surface area is 113 Å². The van der Waals surface area contributed by atoms with Crippen molar-refractivity contribution in [3.8, 4) is 0 Å². The van der Waals surface area contributed by atoms with Crippen molar-refractivity contribution in [2.45, 2.75) is 6.92 Å². The summed E-state index contributed by atoms with van der Waals surface area (Å²) in [5.41, 5.74) is 0.626. The van der Waals surface area contributed by atoms with Gasteiger partial charge in [0.2, 0.25) is 5.91 Å². The van der Waals surface area contributed by atoms with E-state index in [1.54, 1.807) is 12.1 Å². The number of halogens is 1. The average Bonchev–Trinajstić information content (AvgIpc) is 2.45. The molecular formula is C14H20FN3O. The molecule has 1 fully saturated rings. The van der Waals surface area contributed by atoms with Gasteiger partial charge in [0.1, 0.15) is 5.82 Å². The fourth-order valence-corrected chi connectivity index (χ4v) is 2.25. The number of amides is 1. The van der Waals surface area contributed by atoms with Gasteiger partial charge in [0.05, 0.1) is 12.2 Å². The SMILES string of the molecule is CCNCC(=O)N1CCN(c2ccccc2F)CC1. The highest BCUT2D eigenvalue weighted by Crippen LogP contribution is 2.19. The molecule has 0 aliphatic carbocycles. The Morgan fingerprint density at radius 3 is 2.58 bits per heavy atom. The monoisotopic (exact) mass is 265 g/mol. The Kier molecular flexibility index (Phi) is 4.74. The van der Waals surface area contributed by atoms with Crippen molar-refractivity contribution in [1.82, 2.24) is 10.2 Å². The van der Waals surface area contributed by atoms with Crippen LogP contribution in [0, 0.1) is 5.82 Å². The quantitative estimate of drug-likeness (QED) is 0.885. The maximum absolute atomic E-state index is 13.7. The third-order valence-corrected chi connectivity index (χ3v) is 3.35. The summed E-state index contributed by atoms with van der Waals surface area (Å²) < 4.78 is 13.7. The first kappa shape index (κ1) is 13.8. The van der Waals surface area contributed by atoms with E-state index in [4.69, 9.17) is 0 Å². The van der Waals surface area contributed by atoms with Crippen LogP contribution >= 0.6 is 0 Å². The van der Waals surface area contributed by atoms with Crippen LogP contribution in [-0.4, -0.2) is 50.1 Å². The number of likely N-dealkylation sites (N-methyl/N-ethyl adjacent to an activating group) is 1. The van der Waals surface area contributed by atoms with Crippen molar-refractivity contribution in [3.05, 3.63) is 30.1 Å². The first-order valence-electron chi connectivity index (χ1n) is 6.70. The van der Waals surface area contributed by atoms with Crippen molar-refractivity contribution in [3.63, 3.8) is 0 Å². The minimum Gasteiger partial charge on any atom is -0.366 e. The van der Waals surface area contributed by atoms with Gasteiger partial charge < -0.3 is 15.1 Å². The number of hydrogen-bond donors (Lipinski definition) is 1. The molecule has 19 heavy (non-hydrogen) atoms. The van der Waals surface area contributed by atoms with E-state index >= 15 is 0 Å². The van der Waals surface area contributed by atoms with Gasteiger partial charge in [-0.2, -0.15) is 0 Å². The van der Waals surface area contributed by atoms with Crippen molar-refractivity contribution in [1.29, 1.82) is 0 Å². The van der Waals surface area contributed by atoms with Crippen LogP contribution in [0.15, 0.2) is 24.3 Å². The molecule has 1 aromatic rings. The Hall–Kier alpha value is -1.62. The zero-order valence-electron chi connectivity index (χ0n) is 11.2. The number of carbonyl (C=O) groups excluding carboxylic acids is 1. The van der Waals surface area contributed by atoms with Crippen LogP contribution in [0.25, 0.3) is 0 Å². The molecule has 5 heteroatoms. The fourth-order valence-electron chi connectivity index (χ4n) is 2.25. The number of para-hydroxylation sites is 1. The summed E-state index contributed by atoms with van der Waals surface area (Å²) in [6, 6.07) is 6.78. The van der Waals surface area contributed by atoms with Gasteiger partial charge in [0.15, 0.2) is 0 Å². The molecule has 1 aliphatic heterocycles. The zero-order chi connectivity index (χ0) is 13.7. The molecular weight excluding hydrogens is 245 g/mol. The number of piperazine rings is 1. The number of anilines is 1. The predicted octanol–water partition coefficient (Wildman–Crippen LogP) is 1.08. The smallest absolute Gasteiger partial charge is 0.236 e. The molecule has 1 amide bonds. The summed E-state index contributed by atoms with van der Waals surface area (Å²) in [5, 5.41) is 3.03. The molecule has 0 saturated carbocycles. The molecule has 1 heterocycles. The number of carbonyl (C=O) groups is 1. The molecule has 0 aromatic heterocycles. The lowest BCUT2D eigenvalue weighted by molar-refractivity contribution is -0.130. The summed E-state index contributed by atoms with van der Waals surface area (Å²) >= 11 is 0. The van der Waals surface area contributed by atoms with Crippen molar-refractivity contribution in [2.75, 3.05) is 44.2 Å². The third kappa shape index (κ3) is 3.44. The van der Waals surface area contributed by atoms with E-state index in [2.05, 4.69) is 5.32 Å². The van der Waals surface area contributed by atoms with Gasteiger partial charge in [-0.1, -0.05) is 19.1 Å². The standard InChI is InChI=1S/C14H20FN3O/c1-2-16-11-14(19)18-9-7-17(8-10-18)13-6-4-3-5-12(13)15/h3-6,16H,2,7-11H2,1H3. The number of nitrogens with one attached hydrogen (secondary N) is 1. The summed E-state index contributed by atoms with van der Waals surface area (Å²) in [6.07, 6.45) is 0. The van der Waals surface area contributed by atoms with Gasteiger partial charge in [-0.25, -0.2) is 4.39 Å². The minimum atomic E-state index is -0.199. The molecule has 1 N–H and O–H groups in total. The van der Waals surface area contributed by atoms with Crippen LogP contribution in [0.5, 0.6) is 0 Å². The van der Waals surface area contributed by atoms with Gasteiger partial charge in [-0.3, -0.25) is 4.79 Å². The highest BCUT2D eigenvalue weighted by atomic mass is 19.1. The molecule has 1 saturated heterocycles. The van der Waals surface area contributed by atoms with E-state index in [9.17, 15) is 9.18 Å². The second kappa shape index (κ2) is 6.52. The topological polar surface area (TPSA) is 35.6 Å². The van der Waals surface area contributed by atoms with E-state index in [-0.39, 0.29) is 11.7 Å². The Morgan fingerprint density at radius 2 is 1.95 bits per heavy atom. The summed E-state index contributed by atoms with van der Waals surface area (Å²) in [7, 11) is 0. The second-order valence-corrected chi connectivity index (χ2v) is 4.60. The fraction of sp³-hybridized carbons (Fsp3) is 0.500. The van der Waals surface area contributed by atoms with Crippen LogP contribution in [-0.2, 0) is 4.79 Å². The maximum atomic E-state index is 13.7. The molecule has 0 unspecified atom stereocenters. The third-order valence-electron chi connectivity index (χ3n) is 3.35. The van der Waals surface area contributed by atoms with Gasteiger partial charge in [0, 0.05) is 26.2 Å². The van der Waals surface area contributed by atoms with Gasteiger partial charge in [-0.05, 0) is 18.7 Å². The molecule has 0 spiro atoms. The molecule has 2 rings (SSSR count). The number of hydrogen-bond acceptors (Lipinski definition) is 3. The predicted molar refractivity (Wildman–Crippen MR) is 73.7 cm³/mol. The van der Waals surface area contributed by atoms with E-state index in [0.717, 1.165) is 6.54 Å². The highest BCUT2D eigenvalue weighted by molar-refractivity contribution is 5.78. The lowest BCUT2D eigenvalue weighted by atomic mass is 10.2. The molecule has 1 aromatic carbocycles. The highest BCUT2D eigenvalue weighted by Gasteiger charge is 2.21. The zero-order valence-corrected chi connectivity index (χ0v) is 11.2. The van der Waals surface area contributed by atoms with E-state index < -0.39 is 0 Å². The van der Waals surface area contributed by atoms with Crippen LogP contribution in [0.3, 0.4) is 0 Å². The van der Waals surface area contributed by atoms with Gasteiger partial charge >= 0.3 is 0 Å². The second-order valence-electron chi connectivity index (χ2n) is 4.60. The van der Waals surface area contributed by atoms with Crippen LogP contribution in [0.1, 0.15) is 6.92 Å². The lowest BCUT2D eigenvalue weighted by Gasteiger charge is -2.36. The van der Waals surface area contributed by atoms with Crippen LogP contribution in [0.2, 0.25) is 0 Å². The Balaban J connectivity index is 1.89. The van der Waals surface area contributed by atoms with Crippen LogP contribution in [0.4, 0.5) is 10.1 Å². The molecule has 104 valence electrons.